The molecule has 1 aromatic rings. The van der Waals surface area contributed by atoms with Crippen LogP contribution in [-0.2, 0) is 4.79 Å². The number of nitrogens with one attached hydrogen (secondary N) is 1. The van der Waals surface area contributed by atoms with Crippen molar-refractivity contribution < 1.29 is 14.4 Å². The molecule has 0 bridgehead atoms. The maximum atomic E-state index is 13.7. The van der Waals surface area contributed by atoms with Crippen LogP contribution in [-0.4, -0.2) is 17.0 Å². The monoisotopic (exact) mass is 295 g/mol. The first-order valence-corrected chi connectivity index (χ1v) is 7.05. The molecule has 0 fully saturated rings. The Hall–Kier alpha value is -2.11. The van der Waals surface area contributed by atoms with Gasteiger partial charge < -0.3 is 16.3 Å². The van der Waals surface area contributed by atoms with E-state index in [-0.39, 0.29) is 11.5 Å². The molecule has 0 aliphatic carbocycles. The minimum absolute atomic E-state index is 0.0878. The van der Waals surface area contributed by atoms with E-state index in [0.717, 1.165) is 0 Å². The number of carbonyl (C=O) groups excluding carboxylic acids is 1. The third-order valence-corrected chi connectivity index (χ3v) is 3.51. The molecule has 1 aromatic carbocycles. The van der Waals surface area contributed by atoms with Gasteiger partial charge in [0.1, 0.15) is 11.2 Å². The van der Waals surface area contributed by atoms with Gasteiger partial charge >= 0.3 is 0 Å². The van der Waals surface area contributed by atoms with E-state index in [1.54, 1.807) is 12.1 Å². The Morgan fingerprint density at radius 2 is 1.90 bits per heavy atom. The molecular weight excluding hydrogens is 273 g/mol. The van der Waals surface area contributed by atoms with Crippen molar-refractivity contribution in [2.45, 2.75) is 39.5 Å². The Morgan fingerprint density at radius 1 is 1.33 bits per heavy atom. The van der Waals surface area contributed by atoms with Crippen LogP contribution in [0, 0.1) is 11.2 Å². The first-order valence-electron chi connectivity index (χ1n) is 7.05. The Kier molecular flexibility index (Phi) is 6.14. The average Bonchev–Trinajstić information content (AvgIpc) is 2.48. The molecule has 0 aromatic heterocycles. The van der Waals surface area contributed by atoms with Gasteiger partial charge in [-0.25, -0.2) is 4.39 Å². The summed E-state index contributed by atoms with van der Waals surface area (Å²) in [6, 6.07) is 5.91. The van der Waals surface area contributed by atoms with E-state index >= 15 is 0 Å². The van der Waals surface area contributed by atoms with Gasteiger partial charge in [0.25, 0.3) is 0 Å². The summed E-state index contributed by atoms with van der Waals surface area (Å²) >= 11 is 0. The van der Waals surface area contributed by atoms with Crippen molar-refractivity contribution in [3.63, 3.8) is 0 Å². The molecule has 1 rings (SSSR count). The fraction of sp³-hybridized carbons (Fsp3) is 0.467. The van der Waals surface area contributed by atoms with Crippen LogP contribution in [0.3, 0.4) is 0 Å². The van der Waals surface area contributed by atoms with Crippen molar-refractivity contribution in [1.82, 2.24) is 0 Å². The molecule has 0 spiro atoms. The molecule has 1 amide bonds. The van der Waals surface area contributed by atoms with E-state index in [4.69, 9.17) is 10.9 Å². The molecular formula is C15H22FN3O2. The predicted octanol–water partition coefficient (Wildman–Crippen LogP) is 3.10. The summed E-state index contributed by atoms with van der Waals surface area (Å²) in [4.78, 5) is 12.6. The van der Waals surface area contributed by atoms with Crippen LogP contribution in [0.4, 0.5) is 10.1 Å². The number of amidine groups is 1. The minimum atomic E-state index is -1.12. The van der Waals surface area contributed by atoms with Gasteiger partial charge in [-0.3, -0.25) is 4.79 Å². The highest BCUT2D eigenvalue weighted by Gasteiger charge is 2.41. The third-order valence-electron chi connectivity index (χ3n) is 3.51. The van der Waals surface area contributed by atoms with Gasteiger partial charge in [0.15, 0.2) is 5.84 Å². The highest BCUT2D eigenvalue weighted by molar-refractivity contribution is 6.11. The van der Waals surface area contributed by atoms with Crippen molar-refractivity contribution in [3.05, 3.63) is 30.1 Å². The van der Waals surface area contributed by atoms with Gasteiger partial charge in [-0.05, 0) is 25.0 Å². The molecule has 0 saturated heterocycles. The lowest BCUT2D eigenvalue weighted by molar-refractivity contribution is -0.123. The largest absolute Gasteiger partial charge is 0.409 e. The van der Waals surface area contributed by atoms with Gasteiger partial charge in [-0.1, -0.05) is 44.0 Å². The highest BCUT2D eigenvalue weighted by atomic mass is 19.1. The van der Waals surface area contributed by atoms with Crippen LogP contribution in [0.25, 0.3) is 0 Å². The second kappa shape index (κ2) is 7.61. The van der Waals surface area contributed by atoms with Crippen LogP contribution in [0.1, 0.15) is 39.5 Å². The standard InChI is InChI=1S/C15H22FN3O2/c1-3-9-15(10-4-2,13(17)19-21)14(20)18-12-8-6-5-7-11(12)16/h5-8,21H,3-4,9-10H2,1-2H3,(H2,17,19)(H,18,20). The van der Waals surface area contributed by atoms with E-state index in [2.05, 4.69) is 10.5 Å². The quantitative estimate of drug-likeness (QED) is 0.312. The second-order valence-electron chi connectivity index (χ2n) is 5.00. The number of benzene rings is 1. The van der Waals surface area contributed by atoms with Crippen LogP contribution in [0.2, 0.25) is 0 Å². The molecule has 0 atom stereocenters. The zero-order valence-corrected chi connectivity index (χ0v) is 12.4. The summed E-state index contributed by atoms with van der Waals surface area (Å²) in [5.41, 5.74) is 4.73. The summed E-state index contributed by atoms with van der Waals surface area (Å²) in [5.74, 6) is -1.11. The van der Waals surface area contributed by atoms with Crippen molar-refractivity contribution in [2.24, 2.45) is 16.3 Å². The molecule has 0 saturated carbocycles. The average molecular weight is 295 g/mol. The number of carbonyl (C=O) groups is 1. The number of oxime groups is 1. The molecule has 21 heavy (non-hydrogen) atoms. The molecule has 116 valence electrons. The maximum absolute atomic E-state index is 13.7. The normalized spacial score (nSPS) is 12.2. The Bertz CT molecular complexity index is 511. The zero-order valence-electron chi connectivity index (χ0n) is 12.4. The number of halogens is 1. The highest BCUT2D eigenvalue weighted by Crippen LogP contribution is 2.32. The number of nitrogens with two attached hydrogens (primary N) is 1. The first-order chi connectivity index (χ1) is 10.0. The van der Waals surface area contributed by atoms with Crippen molar-refractivity contribution >= 4 is 17.4 Å². The number of hydrogen-bond donors (Lipinski definition) is 3. The molecule has 0 aliphatic heterocycles. The van der Waals surface area contributed by atoms with Crippen molar-refractivity contribution in [3.8, 4) is 0 Å². The number of nitrogens with zero attached hydrogens (tertiary/aromatic N) is 1. The van der Waals surface area contributed by atoms with Gasteiger partial charge in [0.2, 0.25) is 5.91 Å². The molecule has 0 aliphatic rings. The molecule has 0 heterocycles. The minimum Gasteiger partial charge on any atom is -0.409 e. The third kappa shape index (κ3) is 3.71. The van der Waals surface area contributed by atoms with Gasteiger partial charge in [0, 0.05) is 0 Å². The first kappa shape index (κ1) is 16.9. The zero-order chi connectivity index (χ0) is 15.9. The van der Waals surface area contributed by atoms with E-state index in [1.807, 2.05) is 13.8 Å². The lowest BCUT2D eigenvalue weighted by Crippen LogP contribution is -2.47. The van der Waals surface area contributed by atoms with Crippen molar-refractivity contribution in [1.29, 1.82) is 0 Å². The SMILES string of the molecule is CCCC(CCC)(C(=O)Nc1ccccc1F)C(N)=NO. The summed E-state index contributed by atoms with van der Waals surface area (Å²) < 4.78 is 13.7. The Balaban J connectivity index is 3.13. The number of amides is 1. The summed E-state index contributed by atoms with van der Waals surface area (Å²) in [6.45, 7) is 3.82. The van der Waals surface area contributed by atoms with E-state index in [0.29, 0.717) is 25.7 Å². The summed E-state index contributed by atoms with van der Waals surface area (Å²) in [7, 11) is 0. The topological polar surface area (TPSA) is 87.7 Å². The molecule has 4 N–H and O–H groups in total. The van der Waals surface area contributed by atoms with Crippen LogP contribution >= 0.6 is 0 Å². The Labute approximate surface area is 124 Å². The predicted molar refractivity (Wildman–Crippen MR) is 80.7 cm³/mol. The molecule has 0 radical (unpaired) electrons. The maximum Gasteiger partial charge on any atom is 0.238 e. The van der Waals surface area contributed by atoms with E-state index in [1.165, 1.54) is 12.1 Å². The second-order valence-corrected chi connectivity index (χ2v) is 5.00. The van der Waals surface area contributed by atoms with Crippen LogP contribution < -0.4 is 11.1 Å². The number of anilines is 1. The number of para-hydroxylation sites is 1. The summed E-state index contributed by atoms with van der Waals surface area (Å²) in [6.07, 6.45) is 2.22. The fourth-order valence-corrected chi connectivity index (χ4v) is 2.48. The number of hydrogen-bond acceptors (Lipinski definition) is 3. The number of rotatable bonds is 7. The van der Waals surface area contributed by atoms with Crippen molar-refractivity contribution in [2.75, 3.05) is 5.32 Å². The lowest BCUT2D eigenvalue weighted by atomic mass is 9.77. The van der Waals surface area contributed by atoms with Crippen LogP contribution in [0.15, 0.2) is 29.4 Å². The summed E-state index contributed by atoms with van der Waals surface area (Å²) in [5, 5.41) is 14.6. The van der Waals surface area contributed by atoms with Gasteiger partial charge in [-0.15, -0.1) is 0 Å². The van der Waals surface area contributed by atoms with Crippen LogP contribution in [0.5, 0.6) is 0 Å². The van der Waals surface area contributed by atoms with Gasteiger partial charge in [0.05, 0.1) is 5.69 Å². The van der Waals surface area contributed by atoms with E-state index in [9.17, 15) is 9.18 Å². The lowest BCUT2D eigenvalue weighted by Gasteiger charge is -2.30. The fourth-order valence-electron chi connectivity index (χ4n) is 2.48. The Morgan fingerprint density at radius 3 is 2.38 bits per heavy atom. The van der Waals surface area contributed by atoms with Gasteiger partial charge in [-0.2, -0.15) is 0 Å². The molecule has 6 heteroatoms. The van der Waals surface area contributed by atoms with E-state index < -0.39 is 17.1 Å². The molecule has 0 unspecified atom stereocenters. The smallest absolute Gasteiger partial charge is 0.238 e. The molecule has 5 nitrogen and oxygen atoms in total.